The molecule has 8 heteroatoms. The van der Waals surface area contributed by atoms with Crippen LogP contribution in [0.2, 0.25) is 0 Å². The van der Waals surface area contributed by atoms with E-state index in [1.807, 2.05) is 102 Å². The Labute approximate surface area is 233 Å². The molecule has 3 aromatic carbocycles. The van der Waals surface area contributed by atoms with E-state index in [0.717, 1.165) is 0 Å². The Morgan fingerprint density at radius 3 is 1.46 bits per heavy atom. The van der Waals surface area contributed by atoms with Gasteiger partial charge in [-0.05, 0) is 114 Å². The maximum Gasteiger partial charge on any atom is 0.422 e. The van der Waals surface area contributed by atoms with Gasteiger partial charge in [0.1, 0.15) is 27.6 Å². The average molecular weight is 567 g/mol. The lowest BCUT2D eigenvalue weighted by Crippen LogP contribution is -2.23. The van der Waals surface area contributed by atoms with E-state index in [9.17, 15) is 8.42 Å². The number of nitrogens with zero attached hydrogens (tertiary/aromatic N) is 1. The molecule has 4 rings (SSSR count). The van der Waals surface area contributed by atoms with Gasteiger partial charge in [-0.1, -0.05) is 24.3 Å². The van der Waals surface area contributed by atoms with Crippen LogP contribution < -0.4 is 9.47 Å². The van der Waals surface area contributed by atoms with Crippen LogP contribution in [-0.4, -0.2) is 28.2 Å². The van der Waals surface area contributed by atoms with Gasteiger partial charge in [0.25, 0.3) is 0 Å². The van der Waals surface area contributed by atoms with E-state index in [4.69, 9.17) is 13.1 Å². The minimum atomic E-state index is -4.08. The molecule has 4 aromatic rings. The van der Waals surface area contributed by atoms with Crippen LogP contribution in [0.1, 0.15) is 41.5 Å². The summed E-state index contributed by atoms with van der Waals surface area (Å²) in [6, 6.07) is 28.7. The maximum absolute atomic E-state index is 13.9. The van der Waals surface area contributed by atoms with Crippen LogP contribution >= 0.6 is 10.3 Å². The molecular weight excluding hydrogens is 530 g/mol. The first-order valence-electron chi connectivity index (χ1n) is 12.7. The molecule has 0 aliphatic heterocycles. The van der Waals surface area contributed by atoms with Gasteiger partial charge < -0.3 is 9.47 Å². The van der Waals surface area contributed by atoms with E-state index in [1.165, 1.54) is 0 Å². The standard InChI is InChI=1S/C31H35NO5S2/c1-30(2,3)35-24-15-19-26(20-16-24)38(29-14-10-11-23-32-29,37-39(33,34)28-12-8-7-9-13-28)27-21-17-25(18-22-27)36-31(4,5)6/h7-23H,1-6H3/p+1. The molecule has 0 fully saturated rings. The van der Waals surface area contributed by atoms with Crippen LogP contribution in [0.25, 0.3) is 0 Å². The van der Waals surface area contributed by atoms with Gasteiger partial charge in [-0.25, -0.2) is 4.98 Å². The number of hydrogen-bond donors (Lipinski definition) is 0. The molecule has 1 aromatic heterocycles. The van der Waals surface area contributed by atoms with Crippen molar-refractivity contribution in [2.75, 3.05) is 0 Å². The first-order valence-corrected chi connectivity index (χ1v) is 15.7. The lowest BCUT2D eigenvalue weighted by Gasteiger charge is -2.34. The van der Waals surface area contributed by atoms with Crippen LogP contribution in [-0.2, 0) is 10.1 Å². The minimum Gasteiger partial charge on any atom is -0.488 e. The summed E-state index contributed by atoms with van der Waals surface area (Å²) in [4.78, 5) is 6.21. The number of hydrogen-bond acceptors (Lipinski definition) is 5. The van der Waals surface area contributed by atoms with Crippen molar-refractivity contribution in [2.45, 2.75) is 72.5 Å². The Kier molecular flexibility index (Phi) is 8.12. The van der Waals surface area contributed by atoms with E-state index in [1.54, 1.807) is 42.6 Å². The predicted octanol–water partition coefficient (Wildman–Crippen LogP) is 8.12. The maximum atomic E-state index is 13.9. The highest BCUT2D eigenvalue weighted by Gasteiger charge is 2.44. The zero-order valence-corrected chi connectivity index (χ0v) is 24.8. The van der Waals surface area contributed by atoms with Crippen molar-refractivity contribution in [3.05, 3.63) is 103 Å². The molecule has 0 spiro atoms. The number of aromatic nitrogens is 1. The molecule has 0 unspecified atom stereocenters. The van der Waals surface area contributed by atoms with Gasteiger partial charge in [-0.3, -0.25) is 3.63 Å². The van der Waals surface area contributed by atoms with Crippen molar-refractivity contribution in [3.8, 4) is 11.5 Å². The number of rotatable bonds is 8. The fourth-order valence-electron chi connectivity index (χ4n) is 3.92. The minimum absolute atomic E-state index is 0.123. The zero-order valence-electron chi connectivity index (χ0n) is 23.2. The van der Waals surface area contributed by atoms with E-state index in [2.05, 4.69) is 4.98 Å². The Balaban J connectivity index is 1.94. The van der Waals surface area contributed by atoms with Gasteiger partial charge >= 0.3 is 10.1 Å². The van der Waals surface area contributed by atoms with Crippen molar-refractivity contribution in [3.63, 3.8) is 0 Å². The molecule has 6 nitrogen and oxygen atoms in total. The van der Waals surface area contributed by atoms with Crippen molar-refractivity contribution >= 4 is 20.4 Å². The summed E-state index contributed by atoms with van der Waals surface area (Å²) in [6.45, 7) is 11.9. The molecule has 0 aliphatic carbocycles. The molecule has 1 N–H and O–H groups in total. The topological polar surface area (TPSA) is 78.3 Å². The number of ether oxygens (including phenoxy) is 2. The average Bonchev–Trinajstić information content (AvgIpc) is 2.88. The molecule has 206 valence electrons. The first kappa shape index (κ1) is 28.7. The van der Waals surface area contributed by atoms with Gasteiger partial charge in [-0.15, -0.1) is 8.42 Å². The van der Waals surface area contributed by atoms with Crippen molar-refractivity contribution < 1.29 is 21.5 Å². The fraction of sp³-hybridized carbons (Fsp3) is 0.258. The molecule has 0 radical (unpaired) electrons. The molecule has 0 bridgehead atoms. The number of benzene rings is 3. The molecule has 1 heterocycles. The summed E-state index contributed by atoms with van der Waals surface area (Å²) in [5.74, 6) is 1.36. The molecule has 0 aliphatic rings. The second-order valence-electron chi connectivity index (χ2n) is 11.0. The summed E-state index contributed by atoms with van der Waals surface area (Å²) in [5, 5.41) is 0.554. The summed E-state index contributed by atoms with van der Waals surface area (Å²) >= 11 is 0. The third kappa shape index (κ3) is 7.01. The quantitative estimate of drug-likeness (QED) is 0.159. The van der Waals surface area contributed by atoms with Crippen molar-refractivity contribution in [1.29, 1.82) is 0 Å². The predicted molar refractivity (Wildman–Crippen MR) is 157 cm³/mol. The number of pyridine rings is 1. The first-order chi connectivity index (χ1) is 18.3. The third-order valence-electron chi connectivity index (χ3n) is 5.37. The fourth-order valence-corrected chi connectivity index (χ4v) is 9.24. The Hall–Kier alpha value is -3.33. The van der Waals surface area contributed by atoms with E-state index in [-0.39, 0.29) is 16.1 Å². The molecule has 0 atom stereocenters. The lowest BCUT2D eigenvalue weighted by molar-refractivity contribution is 0.130. The molecular formula is C31H36NO5S2+. The van der Waals surface area contributed by atoms with Gasteiger partial charge in [0.2, 0.25) is 0 Å². The smallest absolute Gasteiger partial charge is 0.422 e. The summed E-state index contributed by atoms with van der Waals surface area (Å²) in [6.07, 6.45) is 1.66. The second-order valence-corrected chi connectivity index (χ2v) is 15.5. The van der Waals surface area contributed by atoms with Gasteiger partial charge in [0.15, 0.2) is 5.03 Å². The normalized spacial score (nSPS) is 13.1. The van der Waals surface area contributed by atoms with Crippen molar-refractivity contribution in [2.24, 2.45) is 0 Å². The Morgan fingerprint density at radius 1 is 0.590 bits per heavy atom. The van der Waals surface area contributed by atoms with E-state index in [0.29, 0.717) is 26.3 Å². The van der Waals surface area contributed by atoms with Gasteiger partial charge in [0.05, 0.1) is 20.1 Å². The van der Waals surface area contributed by atoms with Crippen LogP contribution in [0.5, 0.6) is 11.5 Å². The van der Waals surface area contributed by atoms with E-state index < -0.39 is 20.4 Å². The monoisotopic (exact) mass is 566 g/mol. The Bertz CT molecular complexity index is 1420. The third-order valence-corrected chi connectivity index (χ3v) is 10.7. The van der Waals surface area contributed by atoms with Gasteiger partial charge in [0, 0.05) is 6.20 Å². The molecule has 39 heavy (non-hydrogen) atoms. The summed E-state index contributed by atoms with van der Waals surface area (Å²) in [5.41, 5.74) is -0.757. The van der Waals surface area contributed by atoms with Crippen LogP contribution in [0, 0.1) is 0 Å². The second kappa shape index (κ2) is 11.0. The van der Waals surface area contributed by atoms with Crippen LogP contribution in [0.15, 0.2) is 123 Å². The highest BCUT2D eigenvalue weighted by molar-refractivity contribution is 8.32. The van der Waals surface area contributed by atoms with Gasteiger partial charge in [-0.2, -0.15) is 0 Å². The zero-order chi connectivity index (χ0) is 28.3. The SMILES string of the molecule is CC(C)(C)Oc1ccc(S([OH+]S(=O)(=O)c2ccccc2)(c2ccc(OC(C)(C)C)cc2)c2ccccn2)cc1. The molecule has 0 amide bonds. The summed E-state index contributed by atoms with van der Waals surface area (Å²) in [7, 11) is -6.83. The molecule has 0 saturated heterocycles. The highest BCUT2D eigenvalue weighted by atomic mass is 32.3. The van der Waals surface area contributed by atoms with Crippen LogP contribution in [0.4, 0.5) is 0 Å². The molecule has 0 saturated carbocycles. The van der Waals surface area contributed by atoms with Crippen LogP contribution in [0.3, 0.4) is 0 Å². The highest BCUT2D eigenvalue weighted by Crippen LogP contribution is 2.68. The van der Waals surface area contributed by atoms with E-state index >= 15 is 0 Å². The largest absolute Gasteiger partial charge is 0.488 e. The van der Waals surface area contributed by atoms with Crippen molar-refractivity contribution in [1.82, 2.24) is 4.98 Å². The lowest BCUT2D eigenvalue weighted by atomic mass is 10.2. The Morgan fingerprint density at radius 2 is 1.05 bits per heavy atom. The summed E-state index contributed by atoms with van der Waals surface area (Å²) < 4.78 is 44.5.